The van der Waals surface area contributed by atoms with Gasteiger partial charge in [0.2, 0.25) is 0 Å². The van der Waals surface area contributed by atoms with Crippen LogP contribution in [-0.2, 0) is 16.1 Å². The minimum atomic E-state index is -0.643. The van der Waals surface area contributed by atoms with Crippen molar-refractivity contribution < 1.29 is 9.53 Å². The first-order valence-corrected chi connectivity index (χ1v) is 6.85. The molecule has 0 fully saturated rings. The van der Waals surface area contributed by atoms with E-state index in [1.54, 1.807) is 0 Å². The number of likely N-dealkylation sites (N-methyl/N-ethyl adjacent to an activating group) is 1. The van der Waals surface area contributed by atoms with Gasteiger partial charge in [-0.05, 0) is 40.7 Å². The summed E-state index contributed by atoms with van der Waals surface area (Å²) in [6, 6.07) is 0. The van der Waals surface area contributed by atoms with Gasteiger partial charge in [0.1, 0.15) is 5.54 Å². The normalized spacial score (nSPS) is 14.2. The molecule has 1 N–H and O–H groups in total. The molecule has 5 nitrogen and oxygen atoms in total. The Balaban J connectivity index is 2.73. The van der Waals surface area contributed by atoms with Gasteiger partial charge in [0.25, 0.3) is 0 Å². The molecule has 0 aliphatic heterocycles. The molecule has 5 heteroatoms. The third-order valence-corrected chi connectivity index (χ3v) is 3.49. The second kappa shape index (κ2) is 6.70. The maximum absolute atomic E-state index is 12.1. The second-order valence-electron chi connectivity index (χ2n) is 4.94. The number of nitrogens with one attached hydrogen (secondary N) is 1. The fourth-order valence-corrected chi connectivity index (χ4v) is 2.06. The fourth-order valence-electron chi connectivity index (χ4n) is 2.06. The lowest BCUT2D eigenvalue weighted by Gasteiger charge is -2.28. The highest BCUT2D eigenvalue weighted by Crippen LogP contribution is 2.15. The lowest BCUT2D eigenvalue weighted by Crippen LogP contribution is -2.51. The predicted octanol–water partition coefficient (Wildman–Crippen LogP) is 1.82. The molecule has 0 saturated carbocycles. The largest absolute Gasteiger partial charge is 0.465 e. The van der Waals surface area contributed by atoms with Crippen molar-refractivity contribution >= 4 is 5.97 Å². The maximum Gasteiger partial charge on any atom is 0.326 e. The molecule has 1 rings (SSSR count). The van der Waals surface area contributed by atoms with Gasteiger partial charge in [0.05, 0.1) is 18.6 Å². The summed E-state index contributed by atoms with van der Waals surface area (Å²) in [7, 11) is 0. The summed E-state index contributed by atoms with van der Waals surface area (Å²) in [5.41, 5.74) is 1.53. The summed E-state index contributed by atoms with van der Waals surface area (Å²) in [5.74, 6) is -0.189. The highest BCUT2D eigenvalue weighted by atomic mass is 16.5. The first-order chi connectivity index (χ1) is 8.94. The van der Waals surface area contributed by atoms with Crippen molar-refractivity contribution in [3.05, 3.63) is 17.7 Å². The van der Waals surface area contributed by atoms with Crippen molar-refractivity contribution in [3.8, 4) is 0 Å². The maximum atomic E-state index is 12.1. The molecule has 0 aromatic carbocycles. The Labute approximate surface area is 115 Å². The van der Waals surface area contributed by atoms with E-state index in [-0.39, 0.29) is 5.97 Å². The monoisotopic (exact) mass is 267 g/mol. The van der Waals surface area contributed by atoms with Crippen LogP contribution in [0.25, 0.3) is 0 Å². The zero-order valence-corrected chi connectivity index (χ0v) is 12.6. The summed E-state index contributed by atoms with van der Waals surface area (Å²) in [6.07, 6.45) is 2.50. The van der Waals surface area contributed by atoms with Crippen molar-refractivity contribution in [1.29, 1.82) is 0 Å². The smallest absolute Gasteiger partial charge is 0.326 e. The molecule has 1 aromatic rings. The number of hydrogen-bond donors (Lipinski definition) is 1. The van der Waals surface area contributed by atoms with Crippen LogP contribution >= 0.6 is 0 Å². The molecule has 0 aliphatic carbocycles. The molecule has 0 radical (unpaired) electrons. The van der Waals surface area contributed by atoms with E-state index < -0.39 is 5.54 Å². The van der Waals surface area contributed by atoms with Crippen LogP contribution in [0, 0.1) is 13.8 Å². The average Bonchev–Trinajstić information content (AvgIpc) is 2.68. The number of aromatic nitrogens is 2. The number of ether oxygens (including phenoxy) is 1. The van der Waals surface area contributed by atoms with Crippen molar-refractivity contribution in [1.82, 2.24) is 14.9 Å². The molecule has 1 heterocycles. The summed E-state index contributed by atoms with van der Waals surface area (Å²) in [6.45, 7) is 11.6. The molecule has 0 amide bonds. The van der Waals surface area contributed by atoms with Crippen LogP contribution < -0.4 is 5.32 Å². The van der Waals surface area contributed by atoms with Crippen LogP contribution in [0.4, 0.5) is 0 Å². The van der Waals surface area contributed by atoms with Gasteiger partial charge in [-0.25, -0.2) is 4.98 Å². The Morgan fingerprint density at radius 3 is 2.63 bits per heavy atom. The minimum Gasteiger partial charge on any atom is -0.465 e. The first kappa shape index (κ1) is 15.7. The number of carbonyl (C=O) groups excluding carboxylic acids is 1. The van der Waals surface area contributed by atoms with E-state index in [1.807, 2.05) is 40.9 Å². The predicted molar refractivity (Wildman–Crippen MR) is 75.0 cm³/mol. The quantitative estimate of drug-likeness (QED) is 0.766. The van der Waals surface area contributed by atoms with Gasteiger partial charge < -0.3 is 14.6 Å². The molecule has 0 aliphatic rings. The van der Waals surface area contributed by atoms with Crippen LogP contribution in [0.5, 0.6) is 0 Å². The number of imidazole rings is 1. The van der Waals surface area contributed by atoms with E-state index in [9.17, 15) is 4.79 Å². The van der Waals surface area contributed by atoms with E-state index in [0.717, 1.165) is 24.5 Å². The summed E-state index contributed by atoms with van der Waals surface area (Å²) in [5, 5.41) is 3.23. The average molecular weight is 267 g/mol. The van der Waals surface area contributed by atoms with Crippen LogP contribution in [0.3, 0.4) is 0 Å². The van der Waals surface area contributed by atoms with E-state index in [0.29, 0.717) is 13.0 Å². The minimum absolute atomic E-state index is 0.189. The third-order valence-electron chi connectivity index (χ3n) is 3.49. The number of rotatable bonds is 7. The van der Waals surface area contributed by atoms with Crippen LogP contribution in [-0.4, -0.2) is 34.2 Å². The van der Waals surface area contributed by atoms with Crippen LogP contribution in [0.2, 0.25) is 0 Å². The van der Waals surface area contributed by atoms with Crippen LogP contribution in [0.1, 0.15) is 38.6 Å². The zero-order valence-electron chi connectivity index (χ0n) is 12.6. The third kappa shape index (κ3) is 3.80. The molecule has 0 bridgehead atoms. The van der Waals surface area contributed by atoms with E-state index in [2.05, 4.69) is 14.9 Å². The van der Waals surface area contributed by atoms with Gasteiger partial charge in [-0.15, -0.1) is 0 Å². The number of esters is 1. The fraction of sp³-hybridized carbons (Fsp3) is 0.714. The van der Waals surface area contributed by atoms with E-state index in [1.165, 1.54) is 0 Å². The lowest BCUT2D eigenvalue weighted by molar-refractivity contribution is -0.150. The molecule has 1 aromatic heterocycles. The molecule has 1 unspecified atom stereocenters. The van der Waals surface area contributed by atoms with Crippen molar-refractivity contribution in [2.75, 3.05) is 13.2 Å². The van der Waals surface area contributed by atoms with Gasteiger partial charge in [-0.2, -0.15) is 0 Å². The molecule has 108 valence electrons. The standard InChI is InChI=1S/C14H25N3O2/c1-6-16-14(5,13(18)19-7-2)8-9-17-10-15-11(3)12(17)4/h10,16H,6-9H2,1-5H3. The SMILES string of the molecule is CCNC(C)(CCn1cnc(C)c1C)C(=O)OCC. The van der Waals surface area contributed by atoms with Gasteiger partial charge in [0, 0.05) is 12.2 Å². The second-order valence-corrected chi connectivity index (χ2v) is 4.94. The number of aryl methyl sites for hydroxylation is 2. The first-order valence-electron chi connectivity index (χ1n) is 6.85. The number of hydrogen-bond acceptors (Lipinski definition) is 4. The molecular formula is C14H25N3O2. The zero-order chi connectivity index (χ0) is 14.5. The van der Waals surface area contributed by atoms with Crippen molar-refractivity contribution in [2.24, 2.45) is 0 Å². The van der Waals surface area contributed by atoms with Gasteiger partial charge in [-0.3, -0.25) is 4.79 Å². The van der Waals surface area contributed by atoms with Gasteiger partial charge in [-0.1, -0.05) is 6.92 Å². The molecule has 1 atom stereocenters. The van der Waals surface area contributed by atoms with Crippen molar-refractivity contribution in [2.45, 2.75) is 53.1 Å². The number of nitrogens with zero attached hydrogens (tertiary/aromatic N) is 2. The number of carbonyl (C=O) groups is 1. The molecular weight excluding hydrogens is 242 g/mol. The van der Waals surface area contributed by atoms with E-state index >= 15 is 0 Å². The van der Waals surface area contributed by atoms with Gasteiger partial charge in [0.15, 0.2) is 0 Å². The van der Waals surface area contributed by atoms with Crippen molar-refractivity contribution in [3.63, 3.8) is 0 Å². The van der Waals surface area contributed by atoms with E-state index in [4.69, 9.17) is 4.74 Å². The topological polar surface area (TPSA) is 56.2 Å². The Morgan fingerprint density at radius 2 is 2.16 bits per heavy atom. The van der Waals surface area contributed by atoms with Gasteiger partial charge >= 0.3 is 5.97 Å². The molecule has 19 heavy (non-hydrogen) atoms. The Morgan fingerprint density at radius 1 is 1.47 bits per heavy atom. The Hall–Kier alpha value is -1.36. The Bertz CT molecular complexity index is 428. The molecule has 0 saturated heterocycles. The summed E-state index contributed by atoms with van der Waals surface area (Å²) in [4.78, 5) is 16.3. The summed E-state index contributed by atoms with van der Waals surface area (Å²) < 4.78 is 7.23. The highest BCUT2D eigenvalue weighted by Gasteiger charge is 2.33. The van der Waals surface area contributed by atoms with Crippen LogP contribution in [0.15, 0.2) is 6.33 Å². The Kier molecular flexibility index (Phi) is 5.54. The lowest BCUT2D eigenvalue weighted by atomic mass is 9.97. The molecule has 0 spiro atoms. The summed E-state index contributed by atoms with van der Waals surface area (Å²) >= 11 is 0. The highest BCUT2D eigenvalue weighted by molar-refractivity contribution is 5.80.